The second-order valence-electron chi connectivity index (χ2n) is 8.32. The fourth-order valence-corrected chi connectivity index (χ4v) is 6.06. The summed E-state index contributed by atoms with van der Waals surface area (Å²) in [6.07, 6.45) is 1.68. The average molecular weight is 549 g/mol. The van der Waals surface area contributed by atoms with Crippen LogP contribution in [0.4, 0.5) is 0 Å². The zero-order chi connectivity index (χ0) is 26.8. The molecule has 0 spiro atoms. The molecule has 0 fully saturated rings. The van der Waals surface area contributed by atoms with Crippen molar-refractivity contribution in [1.29, 1.82) is 0 Å². The summed E-state index contributed by atoms with van der Waals surface area (Å²) in [6, 6.07) is 13.7. The summed E-state index contributed by atoms with van der Waals surface area (Å²) in [5, 5.41) is 1.91. The Morgan fingerprint density at radius 2 is 1.79 bits per heavy atom. The van der Waals surface area contributed by atoms with Crippen LogP contribution in [0.1, 0.15) is 47.8 Å². The molecule has 38 heavy (non-hydrogen) atoms. The second-order valence-corrected chi connectivity index (χ2v) is 10.3. The summed E-state index contributed by atoms with van der Waals surface area (Å²) in [5.41, 5.74) is 1.87. The molecule has 0 radical (unpaired) electrons. The number of fused-ring (bicyclic) bond motifs is 1. The number of furan rings is 1. The maximum Gasteiger partial charge on any atom is 0.338 e. The van der Waals surface area contributed by atoms with Gasteiger partial charge in [-0.2, -0.15) is 0 Å². The standard InChI is InChI=1S/C28H24N2O6S2/c1-4-34-26(32)18-10-8-17(9-11-18)20-13-12-19(36-20)15-22-25(31)30-24(21-7-6-14-37-21)23(27(33)35-5-2)16(3)29-28(30)38-22/h6-15,24H,4-5H2,1-3H3/b22-15+/t24-/m0/s1. The maximum absolute atomic E-state index is 13.6. The minimum absolute atomic E-state index is 0.226. The monoisotopic (exact) mass is 548 g/mol. The summed E-state index contributed by atoms with van der Waals surface area (Å²) in [4.78, 5) is 44.3. The molecule has 0 bridgehead atoms. The molecule has 1 aliphatic heterocycles. The van der Waals surface area contributed by atoms with E-state index in [2.05, 4.69) is 4.99 Å². The van der Waals surface area contributed by atoms with E-state index < -0.39 is 12.0 Å². The molecule has 1 aromatic carbocycles. The number of allylic oxidation sites excluding steroid dienone is 1. The molecule has 8 nitrogen and oxygen atoms in total. The van der Waals surface area contributed by atoms with Crippen LogP contribution in [0.3, 0.4) is 0 Å². The van der Waals surface area contributed by atoms with Crippen LogP contribution in [0, 0.1) is 0 Å². The van der Waals surface area contributed by atoms with Crippen molar-refractivity contribution < 1.29 is 23.5 Å². The smallest absolute Gasteiger partial charge is 0.338 e. The molecule has 0 aliphatic carbocycles. The van der Waals surface area contributed by atoms with E-state index in [9.17, 15) is 14.4 Å². The number of esters is 2. The highest BCUT2D eigenvalue weighted by molar-refractivity contribution is 7.10. The van der Waals surface area contributed by atoms with Crippen LogP contribution in [0.15, 0.2) is 79.4 Å². The summed E-state index contributed by atoms with van der Waals surface area (Å²) < 4.78 is 18.3. The van der Waals surface area contributed by atoms with Crippen LogP contribution in [-0.4, -0.2) is 29.7 Å². The SMILES string of the molecule is CCOC(=O)C1=C(C)N=c2s/c(=C/c3ccc(-c4ccc(C(=O)OCC)cc4)o3)c(=O)n2[C@H]1c1cccs1. The van der Waals surface area contributed by atoms with Crippen LogP contribution in [0.2, 0.25) is 0 Å². The number of hydrogen-bond donors (Lipinski definition) is 0. The normalized spacial score (nSPS) is 15.2. The lowest BCUT2D eigenvalue weighted by Gasteiger charge is -2.23. The molecule has 194 valence electrons. The number of rotatable bonds is 7. The van der Waals surface area contributed by atoms with Gasteiger partial charge in [0, 0.05) is 16.5 Å². The van der Waals surface area contributed by atoms with E-state index in [1.807, 2.05) is 17.5 Å². The Hall–Kier alpha value is -4.02. The largest absolute Gasteiger partial charge is 0.463 e. The lowest BCUT2D eigenvalue weighted by Crippen LogP contribution is -2.39. The van der Waals surface area contributed by atoms with Gasteiger partial charge < -0.3 is 13.9 Å². The van der Waals surface area contributed by atoms with Gasteiger partial charge in [-0.3, -0.25) is 9.36 Å². The summed E-state index contributed by atoms with van der Waals surface area (Å²) in [5.74, 6) is 0.230. The Morgan fingerprint density at radius 1 is 1.05 bits per heavy atom. The Morgan fingerprint density at radius 3 is 2.47 bits per heavy atom. The van der Waals surface area contributed by atoms with Gasteiger partial charge in [-0.1, -0.05) is 29.5 Å². The lowest BCUT2D eigenvalue weighted by molar-refractivity contribution is -0.139. The van der Waals surface area contributed by atoms with Gasteiger partial charge in [0.05, 0.1) is 34.6 Å². The molecule has 1 atom stereocenters. The molecule has 3 aromatic heterocycles. The van der Waals surface area contributed by atoms with E-state index in [1.165, 1.54) is 22.7 Å². The number of aromatic nitrogens is 1. The highest BCUT2D eigenvalue weighted by atomic mass is 32.1. The van der Waals surface area contributed by atoms with Gasteiger partial charge in [0.15, 0.2) is 4.80 Å². The summed E-state index contributed by atoms with van der Waals surface area (Å²) >= 11 is 2.70. The van der Waals surface area contributed by atoms with E-state index >= 15 is 0 Å². The van der Waals surface area contributed by atoms with Gasteiger partial charge >= 0.3 is 11.9 Å². The number of hydrogen-bond acceptors (Lipinski definition) is 9. The molecule has 1 aliphatic rings. The van der Waals surface area contributed by atoms with Crippen molar-refractivity contribution in [2.24, 2.45) is 4.99 Å². The number of carbonyl (C=O) groups excluding carboxylic acids is 2. The zero-order valence-corrected chi connectivity index (χ0v) is 22.6. The Balaban J connectivity index is 1.52. The predicted octanol–water partition coefficient (Wildman–Crippen LogP) is 4.30. The third-order valence-corrected chi connectivity index (χ3v) is 7.82. The topological polar surface area (TPSA) is 100 Å². The number of thiophene rings is 1. The number of thiazole rings is 1. The van der Waals surface area contributed by atoms with Gasteiger partial charge in [0.25, 0.3) is 5.56 Å². The molecular weight excluding hydrogens is 524 g/mol. The fourth-order valence-electron chi connectivity index (χ4n) is 4.21. The first-order valence-corrected chi connectivity index (χ1v) is 13.7. The van der Waals surface area contributed by atoms with Gasteiger partial charge in [0.1, 0.15) is 17.6 Å². The fraction of sp³-hybridized carbons (Fsp3) is 0.214. The molecule has 4 aromatic rings. The Kier molecular flexibility index (Phi) is 7.26. The van der Waals surface area contributed by atoms with E-state index in [0.29, 0.717) is 44.3 Å². The average Bonchev–Trinajstić information content (AvgIpc) is 3.66. The molecular formula is C28H24N2O6S2. The van der Waals surface area contributed by atoms with Crippen molar-refractivity contribution >= 4 is 40.7 Å². The quantitative estimate of drug-likeness (QED) is 0.320. The van der Waals surface area contributed by atoms with E-state index in [1.54, 1.807) is 67.8 Å². The van der Waals surface area contributed by atoms with Gasteiger partial charge in [-0.25, -0.2) is 14.6 Å². The van der Waals surface area contributed by atoms with Crippen molar-refractivity contribution in [3.8, 4) is 11.3 Å². The minimum Gasteiger partial charge on any atom is -0.463 e. The van der Waals surface area contributed by atoms with Gasteiger partial charge in [-0.05, 0) is 56.5 Å². The maximum atomic E-state index is 13.6. The highest BCUT2D eigenvalue weighted by Crippen LogP contribution is 2.33. The molecule has 4 heterocycles. The van der Waals surface area contributed by atoms with E-state index in [-0.39, 0.29) is 18.1 Å². The van der Waals surface area contributed by atoms with Crippen molar-refractivity contribution in [2.75, 3.05) is 13.2 Å². The van der Waals surface area contributed by atoms with Crippen LogP contribution in [0.5, 0.6) is 0 Å². The van der Waals surface area contributed by atoms with Crippen LogP contribution in [-0.2, 0) is 14.3 Å². The van der Waals surface area contributed by atoms with E-state index in [4.69, 9.17) is 13.9 Å². The molecule has 10 heteroatoms. The van der Waals surface area contributed by atoms with Crippen molar-refractivity contribution in [1.82, 2.24) is 4.57 Å². The third-order valence-electron chi connectivity index (χ3n) is 5.91. The molecule has 0 amide bonds. The zero-order valence-electron chi connectivity index (χ0n) is 20.9. The van der Waals surface area contributed by atoms with Crippen molar-refractivity contribution in [3.05, 3.63) is 101 Å². The van der Waals surface area contributed by atoms with Crippen LogP contribution < -0.4 is 14.9 Å². The molecule has 0 unspecified atom stereocenters. The van der Waals surface area contributed by atoms with E-state index in [0.717, 1.165) is 10.4 Å². The first-order valence-electron chi connectivity index (χ1n) is 12.0. The Labute approximate surface area is 225 Å². The summed E-state index contributed by atoms with van der Waals surface area (Å²) in [7, 11) is 0. The van der Waals surface area contributed by atoms with Crippen molar-refractivity contribution in [2.45, 2.75) is 26.8 Å². The van der Waals surface area contributed by atoms with Crippen LogP contribution >= 0.6 is 22.7 Å². The lowest BCUT2D eigenvalue weighted by atomic mass is 10.0. The number of nitrogens with zero attached hydrogens (tertiary/aromatic N) is 2. The third kappa shape index (κ3) is 4.80. The number of benzene rings is 1. The molecule has 0 saturated carbocycles. The summed E-state index contributed by atoms with van der Waals surface area (Å²) in [6.45, 7) is 5.80. The first-order chi connectivity index (χ1) is 18.4. The molecule has 0 saturated heterocycles. The number of ether oxygens (including phenoxy) is 2. The number of carbonyl (C=O) groups is 2. The van der Waals surface area contributed by atoms with Crippen LogP contribution in [0.25, 0.3) is 17.4 Å². The Bertz CT molecular complexity index is 1710. The minimum atomic E-state index is -0.613. The highest BCUT2D eigenvalue weighted by Gasteiger charge is 2.33. The van der Waals surface area contributed by atoms with Gasteiger partial charge in [-0.15, -0.1) is 11.3 Å². The molecule has 5 rings (SSSR count). The predicted molar refractivity (Wildman–Crippen MR) is 145 cm³/mol. The van der Waals surface area contributed by atoms with Crippen molar-refractivity contribution in [3.63, 3.8) is 0 Å². The first kappa shape index (κ1) is 25.6. The van der Waals surface area contributed by atoms with Gasteiger partial charge in [0.2, 0.25) is 0 Å². The second kappa shape index (κ2) is 10.8. The molecule has 0 N–H and O–H groups in total.